The molecule has 0 atom stereocenters. The van der Waals surface area contributed by atoms with Crippen molar-refractivity contribution in [1.29, 1.82) is 0 Å². The highest BCUT2D eigenvalue weighted by Crippen LogP contribution is 2.18. The first kappa shape index (κ1) is 13.8. The van der Waals surface area contributed by atoms with Crippen LogP contribution in [0.15, 0.2) is 60.7 Å². The number of nitrogens with zero attached hydrogens (tertiary/aromatic N) is 1. The number of amides is 1. The number of rotatable bonds is 5. The van der Waals surface area contributed by atoms with E-state index >= 15 is 0 Å². The molecule has 0 bridgehead atoms. The normalized spacial score (nSPS) is 10.0. The van der Waals surface area contributed by atoms with Gasteiger partial charge in [-0.15, -0.1) is 0 Å². The molecular formula is C16H15NO3. The number of carbonyl (C=O) groups is 2. The third-order valence-electron chi connectivity index (χ3n) is 2.85. The van der Waals surface area contributed by atoms with Gasteiger partial charge in [-0.05, 0) is 17.7 Å². The molecule has 0 saturated carbocycles. The van der Waals surface area contributed by atoms with E-state index in [0.29, 0.717) is 12.2 Å². The molecule has 0 aliphatic carbocycles. The number of para-hydroxylation sites is 1. The van der Waals surface area contributed by atoms with Crippen molar-refractivity contribution < 1.29 is 14.7 Å². The second-order valence-electron chi connectivity index (χ2n) is 4.37. The molecule has 2 rings (SSSR count). The topological polar surface area (TPSA) is 57.6 Å². The van der Waals surface area contributed by atoms with E-state index in [1.165, 1.54) is 4.90 Å². The number of carbonyl (C=O) groups excluding carboxylic acids is 1. The van der Waals surface area contributed by atoms with Gasteiger partial charge in [-0.2, -0.15) is 0 Å². The van der Waals surface area contributed by atoms with Crippen molar-refractivity contribution in [3.05, 3.63) is 66.2 Å². The van der Waals surface area contributed by atoms with Crippen molar-refractivity contribution in [1.82, 2.24) is 0 Å². The Bertz CT molecular complexity index is 581. The Morgan fingerprint density at radius 2 is 1.45 bits per heavy atom. The van der Waals surface area contributed by atoms with Crippen LogP contribution in [0.25, 0.3) is 0 Å². The van der Waals surface area contributed by atoms with Gasteiger partial charge in [0.25, 0.3) is 0 Å². The quantitative estimate of drug-likeness (QED) is 0.849. The Labute approximate surface area is 117 Å². The number of carboxylic acid groups (broad SMARTS) is 1. The molecule has 0 aliphatic rings. The number of anilines is 1. The van der Waals surface area contributed by atoms with Gasteiger partial charge in [-0.25, -0.2) is 0 Å². The minimum Gasteiger partial charge on any atom is -0.481 e. The summed E-state index contributed by atoms with van der Waals surface area (Å²) >= 11 is 0. The SMILES string of the molecule is O=C(O)CC(=O)N(Cc1ccccc1)c1ccccc1. The Kier molecular flexibility index (Phi) is 4.50. The van der Waals surface area contributed by atoms with E-state index in [0.717, 1.165) is 5.56 Å². The average Bonchev–Trinajstić information content (AvgIpc) is 2.46. The summed E-state index contributed by atoms with van der Waals surface area (Å²) in [5, 5.41) is 8.80. The zero-order chi connectivity index (χ0) is 14.4. The van der Waals surface area contributed by atoms with Crippen molar-refractivity contribution in [3.8, 4) is 0 Å². The van der Waals surface area contributed by atoms with Crippen molar-refractivity contribution >= 4 is 17.6 Å². The average molecular weight is 269 g/mol. The highest BCUT2D eigenvalue weighted by Gasteiger charge is 2.18. The lowest BCUT2D eigenvalue weighted by atomic mass is 10.2. The van der Waals surface area contributed by atoms with Gasteiger partial charge >= 0.3 is 5.97 Å². The van der Waals surface area contributed by atoms with E-state index in [-0.39, 0.29) is 0 Å². The molecule has 1 N–H and O–H groups in total. The van der Waals surface area contributed by atoms with E-state index in [2.05, 4.69) is 0 Å². The first-order chi connectivity index (χ1) is 9.66. The van der Waals surface area contributed by atoms with Gasteiger partial charge in [-0.1, -0.05) is 48.5 Å². The van der Waals surface area contributed by atoms with Crippen LogP contribution >= 0.6 is 0 Å². The first-order valence-electron chi connectivity index (χ1n) is 6.28. The maximum Gasteiger partial charge on any atom is 0.312 e. The fourth-order valence-electron chi connectivity index (χ4n) is 1.92. The van der Waals surface area contributed by atoms with Gasteiger partial charge in [0.2, 0.25) is 5.91 Å². The molecule has 0 unspecified atom stereocenters. The summed E-state index contributed by atoms with van der Waals surface area (Å²) in [6.45, 7) is 0.358. The second kappa shape index (κ2) is 6.52. The highest BCUT2D eigenvalue weighted by molar-refractivity contribution is 6.02. The van der Waals surface area contributed by atoms with E-state index < -0.39 is 18.3 Å². The van der Waals surface area contributed by atoms with Gasteiger partial charge in [0, 0.05) is 5.69 Å². The molecule has 0 saturated heterocycles. The zero-order valence-corrected chi connectivity index (χ0v) is 10.9. The summed E-state index contributed by atoms with van der Waals surface area (Å²) < 4.78 is 0. The predicted molar refractivity (Wildman–Crippen MR) is 76.3 cm³/mol. The molecule has 0 spiro atoms. The number of aliphatic carboxylic acids is 1. The molecule has 4 nitrogen and oxygen atoms in total. The van der Waals surface area contributed by atoms with Crippen LogP contribution in [-0.4, -0.2) is 17.0 Å². The molecule has 102 valence electrons. The van der Waals surface area contributed by atoms with Crippen LogP contribution in [0.2, 0.25) is 0 Å². The van der Waals surface area contributed by atoms with Crippen LogP contribution in [0.4, 0.5) is 5.69 Å². The van der Waals surface area contributed by atoms with Gasteiger partial charge in [0.1, 0.15) is 6.42 Å². The van der Waals surface area contributed by atoms with E-state index in [1.54, 1.807) is 12.1 Å². The fraction of sp³-hybridized carbons (Fsp3) is 0.125. The summed E-state index contributed by atoms with van der Waals surface area (Å²) in [5.41, 5.74) is 1.65. The molecule has 0 aliphatic heterocycles. The Hall–Kier alpha value is -2.62. The molecule has 20 heavy (non-hydrogen) atoms. The van der Waals surface area contributed by atoms with Crippen molar-refractivity contribution in [2.75, 3.05) is 4.90 Å². The Morgan fingerprint density at radius 1 is 0.900 bits per heavy atom. The molecule has 4 heteroatoms. The molecule has 0 fully saturated rings. The largest absolute Gasteiger partial charge is 0.481 e. The predicted octanol–water partition coefficient (Wildman–Crippen LogP) is 2.69. The molecule has 2 aromatic rings. The van der Waals surface area contributed by atoms with Gasteiger partial charge < -0.3 is 10.0 Å². The number of hydrogen-bond acceptors (Lipinski definition) is 2. The smallest absolute Gasteiger partial charge is 0.312 e. The third kappa shape index (κ3) is 3.68. The first-order valence-corrected chi connectivity index (χ1v) is 6.28. The maximum atomic E-state index is 12.1. The molecule has 0 radical (unpaired) electrons. The standard InChI is InChI=1S/C16H15NO3/c18-15(11-16(19)20)17(14-9-5-2-6-10-14)12-13-7-3-1-4-8-13/h1-10H,11-12H2,(H,19,20). The lowest BCUT2D eigenvalue weighted by Gasteiger charge is -2.22. The fourth-order valence-corrected chi connectivity index (χ4v) is 1.92. The van der Waals surface area contributed by atoms with E-state index in [1.807, 2.05) is 48.5 Å². The Morgan fingerprint density at radius 3 is 2.00 bits per heavy atom. The van der Waals surface area contributed by atoms with Gasteiger partial charge in [0.05, 0.1) is 6.54 Å². The van der Waals surface area contributed by atoms with Crippen LogP contribution in [0.3, 0.4) is 0 Å². The van der Waals surface area contributed by atoms with Gasteiger partial charge in [0.15, 0.2) is 0 Å². The minimum atomic E-state index is -1.12. The van der Waals surface area contributed by atoms with E-state index in [9.17, 15) is 9.59 Å². The molecule has 0 aromatic heterocycles. The molecule has 1 amide bonds. The number of hydrogen-bond donors (Lipinski definition) is 1. The van der Waals surface area contributed by atoms with Crippen molar-refractivity contribution in [2.45, 2.75) is 13.0 Å². The lowest BCUT2D eigenvalue weighted by Crippen LogP contribution is -2.31. The van der Waals surface area contributed by atoms with Gasteiger partial charge in [-0.3, -0.25) is 9.59 Å². The summed E-state index contributed by atoms with van der Waals surface area (Å²) in [5.74, 6) is -1.54. The number of carboxylic acids is 1. The summed E-state index contributed by atoms with van der Waals surface area (Å²) in [4.78, 5) is 24.3. The summed E-state index contributed by atoms with van der Waals surface area (Å²) in [6.07, 6.45) is -0.512. The Balaban J connectivity index is 2.25. The van der Waals surface area contributed by atoms with E-state index in [4.69, 9.17) is 5.11 Å². The van der Waals surface area contributed by atoms with Crippen LogP contribution in [0.5, 0.6) is 0 Å². The summed E-state index contributed by atoms with van der Waals surface area (Å²) in [6, 6.07) is 18.6. The van der Waals surface area contributed by atoms with Crippen molar-refractivity contribution in [3.63, 3.8) is 0 Å². The third-order valence-corrected chi connectivity index (χ3v) is 2.85. The van der Waals surface area contributed by atoms with Crippen LogP contribution in [0, 0.1) is 0 Å². The molecule has 0 heterocycles. The lowest BCUT2D eigenvalue weighted by molar-refractivity contribution is -0.140. The van der Waals surface area contributed by atoms with Crippen molar-refractivity contribution in [2.24, 2.45) is 0 Å². The monoisotopic (exact) mass is 269 g/mol. The highest BCUT2D eigenvalue weighted by atomic mass is 16.4. The van der Waals surface area contributed by atoms with Crippen LogP contribution in [-0.2, 0) is 16.1 Å². The minimum absolute atomic E-state index is 0.358. The number of benzene rings is 2. The molecular weight excluding hydrogens is 254 g/mol. The molecule has 2 aromatic carbocycles. The van der Waals surface area contributed by atoms with Crippen LogP contribution in [0.1, 0.15) is 12.0 Å². The summed E-state index contributed by atoms with van der Waals surface area (Å²) in [7, 11) is 0. The second-order valence-corrected chi connectivity index (χ2v) is 4.37. The zero-order valence-electron chi connectivity index (χ0n) is 10.9. The van der Waals surface area contributed by atoms with Crippen LogP contribution < -0.4 is 4.90 Å². The maximum absolute atomic E-state index is 12.1.